The lowest BCUT2D eigenvalue weighted by Gasteiger charge is -2.20. The lowest BCUT2D eigenvalue weighted by atomic mass is 10.00. The lowest BCUT2D eigenvalue weighted by molar-refractivity contribution is 0.106. The summed E-state index contributed by atoms with van der Waals surface area (Å²) in [5, 5.41) is 3.70. The number of hydrogen-bond acceptors (Lipinski definition) is 2. The topological polar surface area (TPSA) is 21.3 Å². The summed E-state index contributed by atoms with van der Waals surface area (Å²) in [6, 6.07) is 5.39. The Balaban J connectivity index is 2.60. The Morgan fingerprint density at radius 3 is 2.70 bits per heavy atom. The summed E-state index contributed by atoms with van der Waals surface area (Å²) in [5.74, 6) is -0.344. The number of ether oxygens (including phenoxy) is 1. The summed E-state index contributed by atoms with van der Waals surface area (Å²) in [6.07, 6.45) is 4.16. The molecule has 1 N–H and O–H groups in total. The minimum Gasteiger partial charge on any atom is -0.382 e. The second-order valence-corrected chi connectivity index (χ2v) is 5.63. The maximum atomic E-state index is 13.5. The Hall–Kier alpha value is -0.640. The SMILES string of the molecule is CCCNC(CCC(C)OC)Cc1ccc(Cl)c(F)c1. The van der Waals surface area contributed by atoms with Crippen LogP contribution in [0.2, 0.25) is 5.02 Å². The standard InChI is InChI=1S/C16H25ClFNO/c1-4-9-19-14(7-5-12(2)20-3)10-13-6-8-15(17)16(18)11-13/h6,8,11-12,14,19H,4-5,7,9-10H2,1-3H3. The van der Waals surface area contributed by atoms with E-state index in [1.165, 1.54) is 6.07 Å². The molecule has 1 aromatic rings. The third-order valence-electron chi connectivity index (χ3n) is 3.47. The highest BCUT2D eigenvalue weighted by Crippen LogP contribution is 2.18. The van der Waals surface area contributed by atoms with Gasteiger partial charge in [-0.3, -0.25) is 0 Å². The van der Waals surface area contributed by atoms with Crippen molar-refractivity contribution in [1.82, 2.24) is 5.32 Å². The fourth-order valence-electron chi connectivity index (χ4n) is 2.13. The fourth-order valence-corrected chi connectivity index (χ4v) is 2.25. The van der Waals surface area contributed by atoms with Gasteiger partial charge >= 0.3 is 0 Å². The van der Waals surface area contributed by atoms with Gasteiger partial charge in [0.1, 0.15) is 5.82 Å². The molecule has 1 aromatic carbocycles. The molecule has 0 aliphatic rings. The molecule has 0 aliphatic heterocycles. The molecule has 114 valence electrons. The summed E-state index contributed by atoms with van der Waals surface area (Å²) >= 11 is 5.72. The highest BCUT2D eigenvalue weighted by Gasteiger charge is 2.12. The van der Waals surface area contributed by atoms with E-state index in [1.807, 2.05) is 6.07 Å². The van der Waals surface area contributed by atoms with Crippen molar-refractivity contribution in [3.8, 4) is 0 Å². The van der Waals surface area contributed by atoms with Crippen LogP contribution in [0.1, 0.15) is 38.7 Å². The molecule has 4 heteroatoms. The number of methoxy groups -OCH3 is 1. The van der Waals surface area contributed by atoms with Crippen LogP contribution in [-0.2, 0) is 11.2 Å². The summed E-state index contributed by atoms with van der Waals surface area (Å²) in [5.41, 5.74) is 0.977. The number of nitrogens with one attached hydrogen (secondary N) is 1. The Kier molecular flexibility index (Phi) is 8.12. The molecule has 0 radical (unpaired) electrons. The van der Waals surface area contributed by atoms with Crippen LogP contribution >= 0.6 is 11.6 Å². The molecule has 0 heterocycles. The second kappa shape index (κ2) is 9.32. The first-order chi connectivity index (χ1) is 9.56. The van der Waals surface area contributed by atoms with Crippen LogP contribution in [0.15, 0.2) is 18.2 Å². The first-order valence-corrected chi connectivity index (χ1v) is 7.64. The molecule has 2 nitrogen and oxygen atoms in total. The molecule has 1 rings (SSSR count). The average molecular weight is 302 g/mol. The molecule has 0 bridgehead atoms. The number of halogens is 2. The van der Waals surface area contributed by atoms with Crippen LogP contribution in [0.5, 0.6) is 0 Å². The molecule has 0 saturated carbocycles. The number of benzene rings is 1. The minimum absolute atomic E-state index is 0.180. The Morgan fingerprint density at radius 1 is 1.35 bits per heavy atom. The monoisotopic (exact) mass is 301 g/mol. The molecular formula is C16H25ClFNO. The largest absolute Gasteiger partial charge is 0.382 e. The van der Waals surface area contributed by atoms with E-state index in [0.717, 1.165) is 37.8 Å². The van der Waals surface area contributed by atoms with Crippen LogP contribution < -0.4 is 5.32 Å². The molecule has 0 saturated heterocycles. The van der Waals surface area contributed by atoms with Gasteiger partial charge in [-0.25, -0.2) is 4.39 Å². The van der Waals surface area contributed by atoms with Crippen molar-refractivity contribution in [3.05, 3.63) is 34.6 Å². The van der Waals surface area contributed by atoms with Crippen molar-refractivity contribution in [3.63, 3.8) is 0 Å². The van der Waals surface area contributed by atoms with Gasteiger partial charge in [-0.05, 0) is 56.8 Å². The molecule has 2 atom stereocenters. The average Bonchev–Trinajstić information content (AvgIpc) is 2.45. The molecule has 20 heavy (non-hydrogen) atoms. The second-order valence-electron chi connectivity index (χ2n) is 5.23. The molecular weight excluding hydrogens is 277 g/mol. The predicted molar refractivity (Wildman–Crippen MR) is 82.9 cm³/mol. The third-order valence-corrected chi connectivity index (χ3v) is 3.78. The quantitative estimate of drug-likeness (QED) is 0.738. The van der Waals surface area contributed by atoms with E-state index in [-0.39, 0.29) is 16.9 Å². The van der Waals surface area contributed by atoms with E-state index in [1.54, 1.807) is 13.2 Å². The highest BCUT2D eigenvalue weighted by molar-refractivity contribution is 6.30. The highest BCUT2D eigenvalue weighted by atomic mass is 35.5. The van der Waals surface area contributed by atoms with Crippen LogP contribution in [0.3, 0.4) is 0 Å². The van der Waals surface area contributed by atoms with Crippen LogP contribution in [0, 0.1) is 5.82 Å². The predicted octanol–water partition coefficient (Wildman–Crippen LogP) is 4.20. The van der Waals surface area contributed by atoms with Crippen molar-refractivity contribution in [2.45, 2.75) is 51.7 Å². The van der Waals surface area contributed by atoms with Crippen LogP contribution in [-0.4, -0.2) is 25.8 Å². The maximum absolute atomic E-state index is 13.5. The van der Waals surface area contributed by atoms with Crippen molar-refractivity contribution < 1.29 is 9.13 Å². The Bertz CT molecular complexity index is 400. The third kappa shape index (κ3) is 6.21. The number of rotatable bonds is 9. The van der Waals surface area contributed by atoms with E-state index < -0.39 is 0 Å². The van der Waals surface area contributed by atoms with Gasteiger partial charge in [-0.15, -0.1) is 0 Å². The van der Waals surface area contributed by atoms with Gasteiger partial charge < -0.3 is 10.1 Å². The first kappa shape index (κ1) is 17.4. The fraction of sp³-hybridized carbons (Fsp3) is 0.625. The smallest absolute Gasteiger partial charge is 0.142 e. The summed E-state index contributed by atoms with van der Waals surface area (Å²) in [7, 11) is 1.73. The van der Waals surface area contributed by atoms with Crippen molar-refractivity contribution in [2.75, 3.05) is 13.7 Å². The van der Waals surface area contributed by atoms with E-state index >= 15 is 0 Å². The minimum atomic E-state index is -0.344. The van der Waals surface area contributed by atoms with Crippen LogP contribution in [0.4, 0.5) is 4.39 Å². The molecule has 0 aliphatic carbocycles. The van der Waals surface area contributed by atoms with Gasteiger partial charge in [0.15, 0.2) is 0 Å². The van der Waals surface area contributed by atoms with Gasteiger partial charge in [0, 0.05) is 13.2 Å². The zero-order valence-electron chi connectivity index (χ0n) is 12.6. The van der Waals surface area contributed by atoms with Crippen LogP contribution in [0.25, 0.3) is 0 Å². The van der Waals surface area contributed by atoms with E-state index in [9.17, 15) is 4.39 Å². The van der Waals surface area contributed by atoms with E-state index in [2.05, 4.69) is 19.2 Å². The van der Waals surface area contributed by atoms with Crippen molar-refractivity contribution >= 4 is 11.6 Å². The summed E-state index contributed by atoms with van der Waals surface area (Å²) in [4.78, 5) is 0. The van der Waals surface area contributed by atoms with Gasteiger partial charge in [0.05, 0.1) is 11.1 Å². The molecule has 0 fully saturated rings. The van der Waals surface area contributed by atoms with Gasteiger partial charge in [-0.2, -0.15) is 0 Å². The van der Waals surface area contributed by atoms with Crippen molar-refractivity contribution in [2.24, 2.45) is 0 Å². The van der Waals surface area contributed by atoms with E-state index in [4.69, 9.17) is 16.3 Å². The van der Waals surface area contributed by atoms with Gasteiger partial charge in [-0.1, -0.05) is 24.6 Å². The normalized spacial score (nSPS) is 14.2. The molecule has 0 spiro atoms. The van der Waals surface area contributed by atoms with Crippen molar-refractivity contribution in [1.29, 1.82) is 0 Å². The van der Waals surface area contributed by atoms with Gasteiger partial charge in [0.2, 0.25) is 0 Å². The molecule has 2 unspecified atom stereocenters. The zero-order chi connectivity index (χ0) is 15.0. The molecule has 0 aromatic heterocycles. The Morgan fingerprint density at radius 2 is 2.10 bits per heavy atom. The first-order valence-electron chi connectivity index (χ1n) is 7.26. The summed E-state index contributed by atoms with van der Waals surface area (Å²) < 4.78 is 18.8. The maximum Gasteiger partial charge on any atom is 0.142 e. The summed E-state index contributed by atoms with van der Waals surface area (Å²) in [6.45, 7) is 5.19. The van der Waals surface area contributed by atoms with Gasteiger partial charge in [0.25, 0.3) is 0 Å². The Labute approximate surface area is 126 Å². The zero-order valence-corrected chi connectivity index (χ0v) is 13.3. The lowest BCUT2D eigenvalue weighted by Crippen LogP contribution is -2.32. The van der Waals surface area contributed by atoms with E-state index in [0.29, 0.717) is 6.04 Å². The number of hydrogen-bond donors (Lipinski definition) is 1. The molecule has 0 amide bonds.